The molecule has 1 N–H and O–H groups in total. The molecular weight excluding hydrogens is 408 g/mol. The molecule has 0 saturated heterocycles. The Morgan fingerprint density at radius 2 is 1.85 bits per heavy atom. The minimum Gasteiger partial charge on any atom is -0.462 e. The summed E-state index contributed by atoms with van der Waals surface area (Å²) in [6.07, 6.45) is 24.7. The molecule has 5 rings (SSSR count). The van der Waals surface area contributed by atoms with Crippen molar-refractivity contribution in [3.63, 3.8) is 0 Å². The van der Waals surface area contributed by atoms with E-state index in [0.717, 1.165) is 63.7 Å². The van der Waals surface area contributed by atoms with E-state index in [1.165, 1.54) is 37.7 Å². The van der Waals surface area contributed by atoms with Crippen molar-refractivity contribution in [2.75, 3.05) is 0 Å². The van der Waals surface area contributed by atoms with Crippen molar-refractivity contribution in [3.05, 3.63) is 11.6 Å². The predicted molar refractivity (Wildman–Crippen MR) is 131 cm³/mol. The van der Waals surface area contributed by atoms with Gasteiger partial charge in [0.15, 0.2) is 0 Å². The quantitative estimate of drug-likeness (QED) is 0.297. The molecular formula is C30H44O3. The van der Waals surface area contributed by atoms with Crippen LogP contribution in [0.5, 0.6) is 0 Å². The Morgan fingerprint density at radius 1 is 1.09 bits per heavy atom. The molecule has 4 fully saturated rings. The molecule has 0 aliphatic heterocycles. The fraction of sp³-hybridized carbons (Fsp3) is 0.833. The summed E-state index contributed by atoms with van der Waals surface area (Å²) in [7, 11) is 0. The largest absolute Gasteiger partial charge is 0.462 e. The van der Waals surface area contributed by atoms with Crippen LogP contribution in [0.1, 0.15) is 110 Å². The summed E-state index contributed by atoms with van der Waals surface area (Å²) in [5.41, 5.74) is 0.674. The van der Waals surface area contributed by atoms with Crippen molar-refractivity contribution >= 4 is 5.97 Å². The van der Waals surface area contributed by atoms with Gasteiger partial charge in [-0.05, 0) is 80.5 Å². The molecule has 0 unspecified atom stereocenters. The summed E-state index contributed by atoms with van der Waals surface area (Å²) in [5.74, 6) is 5.35. The number of terminal acetylenes is 1. The van der Waals surface area contributed by atoms with E-state index in [1.54, 1.807) is 0 Å². The normalized spacial score (nSPS) is 45.2. The maximum absolute atomic E-state index is 12.6. The Balaban J connectivity index is 1.22. The summed E-state index contributed by atoms with van der Waals surface area (Å²) in [6, 6.07) is 0. The lowest BCUT2D eigenvalue weighted by Crippen LogP contribution is -2.54. The van der Waals surface area contributed by atoms with Gasteiger partial charge in [0, 0.05) is 18.3 Å². The van der Waals surface area contributed by atoms with Crippen LogP contribution in [0, 0.1) is 46.8 Å². The second-order valence-electron chi connectivity index (χ2n) is 12.7. The average Bonchev–Trinajstić information content (AvgIpc) is 3.10. The monoisotopic (exact) mass is 452 g/mol. The number of rotatable bonds is 4. The molecule has 0 aromatic carbocycles. The highest BCUT2D eigenvalue weighted by atomic mass is 16.5. The van der Waals surface area contributed by atoms with Crippen LogP contribution in [-0.2, 0) is 9.53 Å². The Labute approximate surface area is 201 Å². The highest BCUT2D eigenvalue weighted by molar-refractivity contribution is 5.69. The van der Waals surface area contributed by atoms with Gasteiger partial charge in [0.1, 0.15) is 11.7 Å². The van der Waals surface area contributed by atoms with Gasteiger partial charge in [-0.15, -0.1) is 6.42 Å². The number of hydrogen-bond acceptors (Lipinski definition) is 3. The van der Waals surface area contributed by atoms with Crippen molar-refractivity contribution in [2.24, 2.45) is 34.5 Å². The van der Waals surface area contributed by atoms with Crippen LogP contribution in [0.3, 0.4) is 0 Å². The van der Waals surface area contributed by atoms with Crippen LogP contribution in [0.15, 0.2) is 11.6 Å². The van der Waals surface area contributed by atoms with Crippen molar-refractivity contribution in [3.8, 4) is 12.3 Å². The molecule has 0 radical (unpaired) electrons. The molecule has 0 heterocycles. The van der Waals surface area contributed by atoms with Gasteiger partial charge in [-0.3, -0.25) is 4.79 Å². The highest BCUT2D eigenvalue weighted by Gasteiger charge is 2.63. The second-order valence-corrected chi connectivity index (χ2v) is 12.7. The molecule has 0 aromatic rings. The summed E-state index contributed by atoms with van der Waals surface area (Å²) >= 11 is 0. The summed E-state index contributed by atoms with van der Waals surface area (Å²) in [5, 5.41) is 11.2. The lowest BCUT2D eigenvalue weighted by Gasteiger charge is -2.58. The maximum Gasteiger partial charge on any atom is 0.306 e. The number of ether oxygens (including phenoxy) is 1. The fourth-order valence-electron chi connectivity index (χ4n) is 9.02. The standard InChI is InChI=1S/C30H44O3/c1-4-30(32)19-16-26-24-12-11-22-20-23(33-27(31)13-10-21-8-6-5-7-9-21)14-17-28(22,2)25(24)15-18-29(26,30)3/h1,11,21,23-26,32H,5-10,12-20H2,2-3H3/t23-,24-,25+,26+,28+,29+,30+/m1/s1. The van der Waals surface area contributed by atoms with E-state index >= 15 is 0 Å². The number of hydrogen-bond donors (Lipinski definition) is 1. The topological polar surface area (TPSA) is 46.5 Å². The van der Waals surface area contributed by atoms with E-state index in [9.17, 15) is 9.90 Å². The van der Waals surface area contributed by atoms with Gasteiger partial charge in [0.2, 0.25) is 0 Å². The third-order valence-electron chi connectivity index (χ3n) is 11.2. The van der Waals surface area contributed by atoms with Gasteiger partial charge in [0.25, 0.3) is 0 Å². The Bertz CT molecular complexity index is 832. The van der Waals surface area contributed by atoms with Crippen molar-refractivity contribution in [1.82, 2.24) is 0 Å². The first-order valence-corrected chi connectivity index (χ1v) is 13.9. The zero-order chi connectivity index (χ0) is 23.3. The van der Waals surface area contributed by atoms with E-state index in [-0.39, 0.29) is 22.9 Å². The van der Waals surface area contributed by atoms with Crippen molar-refractivity contribution in [2.45, 2.75) is 122 Å². The molecule has 33 heavy (non-hydrogen) atoms. The van der Waals surface area contributed by atoms with Crippen LogP contribution >= 0.6 is 0 Å². The van der Waals surface area contributed by atoms with Gasteiger partial charge in [0.05, 0.1) is 0 Å². The minimum atomic E-state index is -0.934. The van der Waals surface area contributed by atoms with Crippen LogP contribution in [0.4, 0.5) is 0 Å². The number of fused-ring (bicyclic) bond motifs is 5. The SMILES string of the molecule is C#C[C@]1(O)CC[C@H]2[C@@H]3CC=C4C[C@H](OC(=O)CCC5CCCCC5)CC[C@]4(C)[C@H]3CC[C@@]21C. The number of esters is 1. The molecule has 5 aliphatic carbocycles. The highest BCUT2D eigenvalue weighted by Crippen LogP contribution is 2.67. The van der Waals surface area contributed by atoms with Gasteiger partial charge < -0.3 is 9.84 Å². The van der Waals surface area contributed by atoms with Crippen molar-refractivity contribution < 1.29 is 14.6 Å². The van der Waals surface area contributed by atoms with Crippen LogP contribution < -0.4 is 0 Å². The third kappa shape index (κ3) is 3.89. The van der Waals surface area contributed by atoms with Gasteiger partial charge in [-0.2, -0.15) is 0 Å². The zero-order valence-electron chi connectivity index (χ0n) is 20.9. The molecule has 3 heteroatoms. The minimum absolute atomic E-state index is 0.0245. The van der Waals surface area contributed by atoms with Gasteiger partial charge in [-0.1, -0.05) is 63.5 Å². The molecule has 3 nitrogen and oxygen atoms in total. The van der Waals surface area contributed by atoms with E-state index in [2.05, 4.69) is 25.8 Å². The first-order chi connectivity index (χ1) is 15.8. The molecule has 182 valence electrons. The molecule has 0 spiro atoms. The smallest absolute Gasteiger partial charge is 0.306 e. The Morgan fingerprint density at radius 3 is 2.61 bits per heavy atom. The first kappa shape index (κ1) is 23.5. The van der Waals surface area contributed by atoms with Crippen molar-refractivity contribution in [1.29, 1.82) is 0 Å². The summed E-state index contributed by atoms with van der Waals surface area (Å²) in [4.78, 5) is 12.6. The van der Waals surface area contributed by atoms with E-state index in [4.69, 9.17) is 11.2 Å². The number of allylic oxidation sites excluding steroid dienone is 1. The molecule has 7 atom stereocenters. The zero-order valence-corrected chi connectivity index (χ0v) is 20.9. The van der Waals surface area contributed by atoms with E-state index in [1.807, 2.05) is 0 Å². The molecule has 0 aromatic heterocycles. The summed E-state index contributed by atoms with van der Waals surface area (Å²) in [6.45, 7) is 4.73. The number of aliphatic hydroxyl groups is 1. The maximum atomic E-state index is 12.6. The van der Waals surface area contributed by atoms with E-state index in [0.29, 0.717) is 24.2 Å². The van der Waals surface area contributed by atoms with Crippen LogP contribution in [-0.4, -0.2) is 22.8 Å². The number of carbonyl (C=O) groups is 1. The molecule has 0 amide bonds. The number of carbonyl (C=O) groups excluding carboxylic acids is 1. The molecule has 4 saturated carbocycles. The van der Waals surface area contributed by atoms with Gasteiger partial charge in [-0.25, -0.2) is 0 Å². The summed E-state index contributed by atoms with van der Waals surface area (Å²) < 4.78 is 6.00. The molecule has 0 bridgehead atoms. The van der Waals surface area contributed by atoms with Gasteiger partial charge >= 0.3 is 5.97 Å². The van der Waals surface area contributed by atoms with Crippen LogP contribution in [0.25, 0.3) is 0 Å². The lowest BCUT2D eigenvalue weighted by atomic mass is 9.47. The lowest BCUT2D eigenvalue weighted by molar-refractivity contribution is -0.152. The molecule has 5 aliphatic rings. The Kier molecular flexibility index (Phi) is 6.22. The predicted octanol–water partition coefficient (Wildman–Crippen LogP) is 6.59. The third-order valence-corrected chi connectivity index (χ3v) is 11.2. The fourth-order valence-corrected chi connectivity index (χ4v) is 9.02. The van der Waals surface area contributed by atoms with Crippen LogP contribution in [0.2, 0.25) is 0 Å². The van der Waals surface area contributed by atoms with E-state index < -0.39 is 5.60 Å². The second kappa shape index (κ2) is 8.75. The Hall–Kier alpha value is -1.27. The first-order valence-electron chi connectivity index (χ1n) is 13.9. The average molecular weight is 453 g/mol.